The van der Waals surface area contributed by atoms with Crippen LogP contribution >= 0.6 is 0 Å². The molecule has 3 aromatic rings. The van der Waals surface area contributed by atoms with Crippen LogP contribution in [0.5, 0.6) is 17.2 Å². The van der Waals surface area contributed by atoms with E-state index in [1.54, 1.807) is 11.1 Å². The predicted octanol–water partition coefficient (Wildman–Crippen LogP) is 6.56. The van der Waals surface area contributed by atoms with Gasteiger partial charge in [0.1, 0.15) is 41.9 Å². The molecule has 1 spiro atoms. The van der Waals surface area contributed by atoms with Crippen LogP contribution in [0.1, 0.15) is 69.1 Å². The van der Waals surface area contributed by atoms with Gasteiger partial charge in [0.25, 0.3) is 5.91 Å². The zero-order chi connectivity index (χ0) is 36.0. The second-order valence-electron chi connectivity index (χ2n) is 14.5. The fraction of sp³-hybridized carbons (Fsp3) is 0.514. The number of fused-ring (bicyclic) bond motifs is 1. The van der Waals surface area contributed by atoms with Crippen molar-refractivity contribution >= 4 is 17.8 Å². The second kappa shape index (κ2) is 13.2. The number of aromatic nitrogens is 3. The number of amides is 2. The van der Waals surface area contributed by atoms with Gasteiger partial charge in [0, 0.05) is 49.3 Å². The largest absolute Gasteiger partial charge is 0.490 e. The summed E-state index contributed by atoms with van der Waals surface area (Å²) in [4.78, 5) is 43.3. The number of alkyl halides is 3. The highest BCUT2D eigenvalue weighted by Gasteiger charge is 2.54. The number of carbonyl (C=O) groups excluding carboxylic acids is 2. The van der Waals surface area contributed by atoms with E-state index in [9.17, 15) is 27.2 Å². The van der Waals surface area contributed by atoms with Crippen LogP contribution in [-0.4, -0.2) is 86.9 Å². The van der Waals surface area contributed by atoms with Crippen LogP contribution in [0.3, 0.4) is 0 Å². The van der Waals surface area contributed by atoms with E-state index in [4.69, 9.17) is 14.2 Å². The van der Waals surface area contributed by atoms with E-state index >= 15 is 0 Å². The van der Waals surface area contributed by atoms with Gasteiger partial charge in [-0.05, 0) is 71.7 Å². The average molecular weight is 701 g/mol. The molecule has 6 rings (SSSR count). The van der Waals surface area contributed by atoms with Crippen LogP contribution < -0.4 is 14.4 Å². The molecule has 11 nitrogen and oxygen atoms in total. The number of nitrogens with zero attached hydrogens (tertiary/aromatic N) is 6. The number of hydrogen-bond acceptors (Lipinski definition) is 9. The van der Waals surface area contributed by atoms with Crippen LogP contribution in [-0.2, 0) is 17.7 Å². The highest BCUT2D eigenvalue weighted by molar-refractivity contribution is 5.97. The van der Waals surface area contributed by atoms with Crippen molar-refractivity contribution in [1.82, 2.24) is 24.8 Å². The first-order valence-electron chi connectivity index (χ1n) is 16.5. The minimum absolute atomic E-state index is 0.0190. The van der Waals surface area contributed by atoms with E-state index in [2.05, 4.69) is 15.0 Å². The number of rotatable bonds is 8. The monoisotopic (exact) mass is 700 g/mol. The van der Waals surface area contributed by atoms with Crippen molar-refractivity contribution in [3.05, 3.63) is 65.6 Å². The van der Waals surface area contributed by atoms with Gasteiger partial charge < -0.3 is 28.9 Å². The van der Waals surface area contributed by atoms with Gasteiger partial charge in [0.05, 0.1) is 24.0 Å². The van der Waals surface area contributed by atoms with Crippen molar-refractivity contribution < 1.29 is 41.4 Å². The van der Waals surface area contributed by atoms with E-state index in [0.717, 1.165) is 36.2 Å². The quantitative estimate of drug-likeness (QED) is 0.242. The Morgan fingerprint density at radius 1 is 1.06 bits per heavy atom. The Bertz CT molecular complexity index is 1750. The van der Waals surface area contributed by atoms with E-state index in [-0.39, 0.29) is 34.7 Å². The molecule has 0 radical (unpaired) electrons. The molecule has 0 unspecified atom stereocenters. The summed E-state index contributed by atoms with van der Waals surface area (Å²) in [6.07, 6.45) is 1.62. The molecule has 50 heavy (non-hydrogen) atoms. The van der Waals surface area contributed by atoms with Gasteiger partial charge in [-0.15, -0.1) is 0 Å². The standard InChI is InChI=1S/C35H40F4N6O5/c1-21(2)45(19-35(37,38)39)31(46)24-12-22(36)6-7-27(24)49-29-15-40-20-42-30(29)44-17-34(18-44)13-23(14-34)48-28-8-10-41-26-9-11-43(16-25(26)28)32(47)50-33(3,4)5/h6-8,10,12,15,20-21,23H,9,11,13-14,16-19H2,1-5H3. The number of anilines is 1. The summed E-state index contributed by atoms with van der Waals surface area (Å²) in [6, 6.07) is 4.18. The molecule has 2 amide bonds. The summed E-state index contributed by atoms with van der Waals surface area (Å²) in [5.74, 6) is -0.582. The molecule has 1 aliphatic carbocycles. The molecule has 1 saturated carbocycles. The summed E-state index contributed by atoms with van der Waals surface area (Å²) in [6.45, 7) is 9.07. The van der Waals surface area contributed by atoms with Gasteiger partial charge in [-0.25, -0.2) is 19.2 Å². The molecule has 1 aromatic carbocycles. The molecule has 0 atom stereocenters. The first-order valence-corrected chi connectivity index (χ1v) is 16.5. The maximum Gasteiger partial charge on any atom is 0.410 e. The molecule has 0 bridgehead atoms. The lowest BCUT2D eigenvalue weighted by molar-refractivity contribution is -0.143. The van der Waals surface area contributed by atoms with Crippen LogP contribution in [0.4, 0.5) is 28.2 Å². The lowest BCUT2D eigenvalue weighted by Crippen LogP contribution is -2.65. The molecule has 2 aromatic heterocycles. The predicted molar refractivity (Wildman–Crippen MR) is 174 cm³/mol. The lowest BCUT2D eigenvalue weighted by Gasteiger charge is -2.59. The van der Waals surface area contributed by atoms with Crippen LogP contribution in [0.2, 0.25) is 0 Å². The summed E-state index contributed by atoms with van der Waals surface area (Å²) in [5, 5.41) is 0. The third-order valence-electron chi connectivity index (χ3n) is 8.97. The first-order chi connectivity index (χ1) is 23.5. The topological polar surface area (TPSA) is 110 Å². The minimum Gasteiger partial charge on any atom is -0.490 e. The smallest absolute Gasteiger partial charge is 0.410 e. The number of hydrogen-bond donors (Lipinski definition) is 0. The third kappa shape index (κ3) is 7.71. The molecule has 4 heterocycles. The maximum absolute atomic E-state index is 14.3. The SMILES string of the molecule is CC(C)N(CC(F)(F)F)C(=O)c1cc(F)ccc1Oc1cncnc1N1CC2(CC(Oc3ccnc4c3CN(C(=O)OC(C)(C)C)CC4)C2)C1. The summed E-state index contributed by atoms with van der Waals surface area (Å²) >= 11 is 0. The van der Waals surface area contributed by atoms with Gasteiger partial charge in [0.2, 0.25) is 0 Å². The normalized spacial score (nSPS) is 17.2. The number of carbonyl (C=O) groups is 2. The van der Waals surface area contributed by atoms with Crippen molar-refractivity contribution in [2.45, 2.75) is 84.3 Å². The van der Waals surface area contributed by atoms with Crippen LogP contribution in [0.15, 0.2) is 43.0 Å². The summed E-state index contributed by atoms with van der Waals surface area (Å²) in [7, 11) is 0. The van der Waals surface area contributed by atoms with Crippen LogP contribution in [0, 0.1) is 11.2 Å². The third-order valence-corrected chi connectivity index (χ3v) is 8.97. The van der Waals surface area contributed by atoms with Gasteiger partial charge in [-0.1, -0.05) is 0 Å². The molecular weight excluding hydrogens is 660 g/mol. The molecule has 3 aliphatic rings. The Morgan fingerprint density at radius 3 is 2.48 bits per heavy atom. The Kier molecular flexibility index (Phi) is 9.29. The maximum atomic E-state index is 14.3. The summed E-state index contributed by atoms with van der Waals surface area (Å²) in [5.41, 5.74) is 0.834. The first kappa shape index (κ1) is 35.1. The van der Waals surface area contributed by atoms with Gasteiger partial charge in [-0.2, -0.15) is 13.2 Å². The number of pyridine rings is 1. The minimum atomic E-state index is -4.64. The second-order valence-corrected chi connectivity index (χ2v) is 14.5. The fourth-order valence-corrected chi connectivity index (χ4v) is 6.68. The number of halogens is 4. The van der Waals surface area contributed by atoms with Crippen molar-refractivity contribution in [3.63, 3.8) is 0 Å². The van der Waals surface area contributed by atoms with Gasteiger partial charge in [-0.3, -0.25) is 9.78 Å². The van der Waals surface area contributed by atoms with Crippen molar-refractivity contribution in [2.75, 3.05) is 31.1 Å². The van der Waals surface area contributed by atoms with E-state index in [1.807, 2.05) is 31.7 Å². The Balaban J connectivity index is 1.10. The van der Waals surface area contributed by atoms with E-state index in [0.29, 0.717) is 49.1 Å². The van der Waals surface area contributed by atoms with Crippen molar-refractivity contribution in [1.29, 1.82) is 0 Å². The molecular formula is C35H40F4N6O5. The molecule has 1 saturated heterocycles. The van der Waals surface area contributed by atoms with Crippen molar-refractivity contribution in [3.8, 4) is 17.2 Å². The zero-order valence-corrected chi connectivity index (χ0v) is 28.6. The molecule has 2 fully saturated rings. The Morgan fingerprint density at radius 2 is 1.80 bits per heavy atom. The molecule has 0 N–H and O–H groups in total. The Labute approximate surface area is 287 Å². The lowest BCUT2D eigenvalue weighted by atomic mass is 9.61. The zero-order valence-electron chi connectivity index (χ0n) is 28.6. The van der Waals surface area contributed by atoms with Crippen LogP contribution in [0.25, 0.3) is 0 Å². The molecule has 268 valence electrons. The van der Waals surface area contributed by atoms with Crippen molar-refractivity contribution in [2.24, 2.45) is 5.41 Å². The summed E-state index contributed by atoms with van der Waals surface area (Å²) < 4.78 is 72.2. The molecule has 15 heteroatoms. The highest BCUT2D eigenvalue weighted by Crippen LogP contribution is 2.52. The van der Waals surface area contributed by atoms with Gasteiger partial charge >= 0.3 is 12.3 Å². The number of benzene rings is 1. The fourth-order valence-electron chi connectivity index (χ4n) is 6.68. The van der Waals surface area contributed by atoms with Gasteiger partial charge in [0.15, 0.2) is 11.6 Å². The average Bonchev–Trinajstić information content (AvgIpc) is 3.00. The van der Waals surface area contributed by atoms with E-state index < -0.39 is 36.1 Å². The highest BCUT2D eigenvalue weighted by atomic mass is 19.4. The Hall–Kier alpha value is -4.69. The molecule has 2 aliphatic heterocycles. The number of ether oxygens (including phenoxy) is 3. The van der Waals surface area contributed by atoms with E-state index in [1.165, 1.54) is 32.4 Å².